The third kappa shape index (κ3) is 22.7. The Hall–Kier alpha value is -1.28. The zero-order valence-corrected chi connectivity index (χ0v) is 18.1. The van der Waals surface area contributed by atoms with E-state index in [1.165, 1.54) is 25.7 Å². The Morgan fingerprint density at radius 1 is 0.741 bits per heavy atom. The second kappa shape index (κ2) is 22.8. The number of halogens is 1. The lowest BCUT2D eigenvalue weighted by molar-refractivity contribution is -0.121. The maximum Gasteiger partial charge on any atom is 0.220 e. The van der Waals surface area contributed by atoms with Gasteiger partial charge in [0.1, 0.15) is 0 Å². The van der Waals surface area contributed by atoms with E-state index in [2.05, 4.69) is 60.8 Å². The number of amides is 1. The summed E-state index contributed by atoms with van der Waals surface area (Å²) in [5.41, 5.74) is 0. The number of carbonyl (C=O) groups excluding carboxylic acids is 1. The molecule has 0 unspecified atom stereocenters. The van der Waals surface area contributed by atoms with Crippen molar-refractivity contribution in [2.45, 2.75) is 84.0 Å². The van der Waals surface area contributed by atoms with Crippen molar-refractivity contribution < 1.29 is 4.79 Å². The molecule has 0 heterocycles. The molecule has 0 aliphatic carbocycles. The van der Waals surface area contributed by atoms with Gasteiger partial charge in [-0.15, -0.1) is 11.6 Å². The van der Waals surface area contributed by atoms with Crippen LogP contribution in [0.3, 0.4) is 0 Å². The topological polar surface area (TPSA) is 29.1 Å². The summed E-state index contributed by atoms with van der Waals surface area (Å²) < 4.78 is 0. The van der Waals surface area contributed by atoms with Crippen LogP contribution in [0.1, 0.15) is 84.0 Å². The van der Waals surface area contributed by atoms with Gasteiger partial charge in [0.15, 0.2) is 0 Å². The number of alkyl halides is 1. The Kier molecular flexibility index (Phi) is 21.7. The highest BCUT2D eigenvalue weighted by atomic mass is 35.5. The largest absolute Gasteiger partial charge is 0.355 e. The van der Waals surface area contributed by atoms with Crippen molar-refractivity contribution >= 4 is 17.5 Å². The number of nitrogens with one attached hydrogen (secondary N) is 1. The smallest absolute Gasteiger partial charge is 0.220 e. The average molecular weight is 394 g/mol. The summed E-state index contributed by atoms with van der Waals surface area (Å²) in [4.78, 5) is 11.4. The summed E-state index contributed by atoms with van der Waals surface area (Å²) in [5.74, 6) is 0.603. The third-order valence-electron chi connectivity index (χ3n) is 4.15. The van der Waals surface area contributed by atoms with Gasteiger partial charge in [0, 0.05) is 18.8 Å². The molecule has 0 fully saturated rings. The molecule has 1 N–H and O–H groups in total. The molecule has 0 aliphatic heterocycles. The minimum Gasteiger partial charge on any atom is -0.355 e. The number of rotatable bonds is 18. The molecule has 0 bridgehead atoms. The van der Waals surface area contributed by atoms with E-state index in [4.69, 9.17) is 11.6 Å². The number of hydrogen-bond donors (Lipinski definition) is 1. The molecule has 0 rings (SSSR count). The lowest BCUT2D eigenvalue weighted by Crippen LogP contribution is -2.24. The summed E-state index contributed by atoms with van der Waals surface area (Å²) in [7, 11) is 0. The molecule has 2 nitrogen and oxygen atoms in total. The zero-order valence-electron chi connectivity index (χ0n) is 17.3. The first-order valence-electron chi connectivity index (χ1n) is 10.7. The molecule has 0 aliphatic rings. The molecule has 0 aromatic rings. The van der Waals surface area contributed by atoms with Crippen LogP contribution < -0.4 is 5.32 Å². The maximum atomic E-state index is 11.4. The van der Waals surface area contributed by atoms with E-state index in [1.54, 1.807) is 0 Å². The number of hydrogen-bond acceptors (Lipinski definition) is 1. The molecule has 1 amide bonds. The minimum absolute atomic E-state index is 0.119. The highest BCUT2D eigenvalue weighted by molar-refractivity contribution is 6.18. The molecule has 27 heavy (non-hydrogen) atoms. The van der Waals surface area contributed by atoms with Gasteiger partial charge in [-0.3, -0.25) is 4.79 Å². The fourth-order valence-electron chi connectivity index (χ4n) is 2.56. The van der Waals surface area contributed by atoms with Crippen molar-refractivity contribution in [3.63, 3.8) is 0 Å². The summed E-state index contributed by atoms with van der Waals surface area (Å²) in [6.45, 7) is 2.81. The Bertz CT molecular complexity index is 438. The van der Waals surface area contributed by atoms with E-state index in [9.17, 15) is 4.79 Å². The zero-order chi connectivity index (χ0) is 19.8. The summed E-state index contributed by atoms with van der Waals surface area (Å²) >= 11 is 5.53. The van der Waals surface area contributed by atoms with Gasteiger partial charge in [-0.25, -0.2) is 0 Å². The molecule has 0 saturated heterocycles. The van der Waals surface area contributed by atoms with Crippen LogP contribution in [0.15, 0.2) is 48.6 Å². The van der Waals surface area contributed by atoms with Crippen LogP contribution in [-0.4, -0.2) is 18.3 Å². The maximum absolute atomic E-state index is 11.4. The highest BCUT2D eigenvalue weighted by Gasteiger charge is 1.98. The molecule has 3 heteroatoms. The summed E-state index contributed by atoms with van der Waals surface area (Å²) in [5, 5.41) is 2.79. The van der Waals surface area contributed by atoms with Crippen LogP contribution in [-0.2, 0) is 4.79 Å². The van der Waals surface area contributed by atoms with Crippen molar-refractivity contribution in [3.8, 4) is 0 Å². The second-order valence-corrected chi connectivity index (χ2v) is 7.10. The van der Waals surface area contributed by atoms with Gasteiger partial charge in [0.05, 0.1) is 0 Å². The molecule has 0 radical (unpaired) electrons. The van der Waals surface area contributed by atoms with Crippen LogP contribution in [0, 0.1) is 0 Å². The highest BCUT2D eigenvalue weighted by Crippen LogP contribution is 2.04. The first-order chi connectivity index (χ1) is 13.3. The predicted octanol–water partition coefficient (Wildman–Crippen LogP) is 7.27. The minimum atomic E-state index is 0.119. The predicted molar refractivity (Wildman–Crippen MR) is 121 cm³/mol. The molecule has 0 spiro atoms. The van der Waals surface area contributed by atoms with Crippen molar-refractivity contribution in [3.05, 3.63) is 48.6 Å². The lowest BCUT2D eigenvalue weighted by atomic mass is 10.1. The Balaban J connectivity index is 3.40. The average Bonchev–Trinajstić information content (AvgIpc) is 2.68. The number of unbranched alkanes of at least 4 members (excludes halogenated alkanes) is 6. The Labute approximate surface area is 172 Å². The molecule has 0 saturated carbocycles. The van der Waals surface area contributed by atoms with Crippen LogP contribution in [0.4, 0.5) is 0 Å². The van der Waals surface area contributed by atoms with Crippen LogP contribution in [0.5, 0.6) is 0 Å². The quantitative estimate of drug-likeness (QED) is 0.148. The van der Waals surface area contributed by atoms with E-state index in [1.807, 2.05) is 0 Å². The SMILES string of the molecule is CCCCC/C=C\C/C=C\C/C=C\C/C=C\CCCCCC(=O)NCCCl. The van der Waals surface area contributed by atoms with Crippen LogP contribution in [0.2, 0.25) is 0 Å². The summed E-state index contributed by atoms with van der Waals surface area (Å²) in [6, 6.07) is 0. The van der Waals surface area contributed by atoms with Crippen LogP contribution >= 0.6 is 11.6 Å². The van der Waals surface area contributed by atoms with Gasteiger partial charge in [0.25, 0.3) is 0 Å². The standard InChI is InChI=1S/C24H40ClNO/c1-2-3-4-5-6-7-8-9-10-11-12-13-14-15-16-17-18-19-20-21-24(27)26-23-22-25/h6-7,9-10,12-13,15-16H,2-5,8,11,14,17-23H2,1H3,(H,26,27)/b7-6-,10-9-,13-12-,16-15-. The van der Waals surface area contributed by atoms with E-state index in [0.29, 0.717) is 18.8 Å². The van der Waals surface area contributed by atoms with Gasteiger partial charge < -0.3 is 5.32 Å². The van der Waals surface area contributed by atoms with E-state index >= 15 is 0 Å². The summed E-state index contributed by atoms with van der Waals surface area (Å²) in [6.07, 6.45) is 31.2. The first-order valence-corrected chi connectivity index (χ1v) is 11.3. The van der Waals surface area contributed by atoms with Crippen molar-refractivity contribution in [1.29, 1.82) is 0 Å². The molecular formula is C24H40ClNO. The number of allylic oxidation sites excluding steroid dienone is 8. The fourth-order valence-corrected chi connectivity index (χ4v) is 2.66. The molecule has 0 aromatic carbocycles. The van der Waals surface area contributed by atoms with Gasteiger partial charge in [0.2, 0.25) is 5.91 Å². The van der Waals surface area contributed by atoms with Gasteiger partial charge in [-0.05, 0) is 51.4 Å². The number of carbonyl (C=O) groups is 1. The van der Waals surface area contributed by atoms with Crippen molar-refractivity contribution in [1.82, 2.24) is 5.32 Å². The van der Waals surface area contributed by atoms with E-state index in [-0.39, 0.29) is 5.91 Å². The van der Waals surface area contributed by atoms with Gasteiger partial charge in [-0.2, -0.15) is 0 Å². The monoisotopic (exact) mass is 393 g/mol. The molecule has 0 aromatic heterocycles. The third-order valence-corrected chi connectivity index (χ3v) is 4.34. The second-order valence-electron chi connectivity index (χ2n) is 6.73. The molecule has 154 valence electrons. The lowest BCUT2D eigenvalue weighted by Gasteiger charge is -2.02. The molecule has 0 atom stereocenters. The first kappa shape index (κ1) is 25.7. The van der Waals surface area contributed by atoms with E-state index < -0.39 is 0 Å². The van der Waals surface area contributed by atoms with Crippen molar-refractivity contribution in [2.24, 2.45) is 0 Å². The van der Waals surface area contributed by atoms with Gasteiger partial charge in [-0.1, -0.05) is 74.8 Å². The molecular weight excluding hydrogens is 354 g/mol. The van der Waals surface area contributed by atoms with Crippen molar-refractivity contribution in [2.75, 3.05) is 12.4 Å². The Morgan fingerprint density at radius 2 is 1.26 bits per heavy atom. The Morgan fingerprint density at radius 3 is 1.78 bits per heavy atom. The van der Waals surface area contributed by atoms with Crippen LogP contribution in [0.25, 0.3) is 0 Å². The van der Waals surface area contributed by atoms with Gasteiger partial charge >= 0.3 is 0 Å². The van der Waals surface area contributed by atoms with E-state index in [0.717, 1.165) is 44.9 Å². The fraction of sp³-hybridized carbons (Fsp3) is 0.625. The normalized spacial score (nSPS) is 12.2.